The Hall–Kier alpha value is -5.51. The van der Waals surface area contributed by atoms with Gasteiger partial charge < -0.3 is 20.1 Å². The lowest BCUT2D eigenvalue weighted by Gasteiger charge is -2.36. The SMILES string of the molecule is C=C(COc1ccc(C(C)(C)C2=CC(Cl)=C(OCCCl)C(=C)C2C)cc1)/C(C)=C(\N/C(C)=N\S(=C)(C)=O)c1nc2nc(c1C)CCc1ccc(cc1)C(C)(C)c1cc(C#N)c(c(CC)c1)CCCCC(=S)N2.CC. The number of aromatic nitrogens is 2. The third-order valence-corrected chi connectivity index (χ3v) is 15.5. The Morgan fingerprint density at radius 3 is 2.31 bits per heavy atom. The number of nitrogens with one attached hydrogen (secondary N) is 2. The van der Waals surface area contributed by atoms with E-state index >= 15 is 0 Å². The fourth-order valence-corrected chi connectivity index (χ4v) is 10.7. The van der Waals surface area contributed by atoms with Gasteiger partial charge in [-0.2, -0.15) is 9.66 Å². The predicted molar refractivity (Wildman–Crippen MR) is 318 cm³/mol. The lowest BCUT2D eigenvalue weighted by atomic mass is 9.69. The second kappa shape index (κ2) is 25.8. The van der Waals surface area contributed by atoms with Gasteiger partial charge in [0.25, 0.3) is 0 Å². The van der Waals surface area contributed by atoms with E-state index in [1.165, 1.54) is 17.4 Å². The van der Waals surface area contributed by atoms with E-state index in [9.17, 15) is 9.47 Å². The number of thiocarbonyl (C=S) groups is 1. The number of hydrogen-bond donors (Lipinski definition) is 2. The predicted octanol–water partition coefficient (Wildman–Crippen LogP) is 14.6. The van der Waals surface area contributed by atoms with Crippen molar-refractivity contribution < 1.29 is 13.7 Å². The highest BCUT2D eigenvalue weighted by Gasteiger charge is 2.35. The summed E-state index contributed by atoms with van der Waals surface area (Å²) in [4.78, 5) is 10.8. The summed E-state index contributed by atoms with van der Waals surface area (Å²) in [6, 6.07) is 23.8. The van der Waals surface area contributed by atoms with E-state index in [0.717, 1.165) is 87.9 Å². The fraction of sp³-hybridized carbons (Fsp3) is 0.410. The Morgan fingerprint density at radius 2 is 1.69 bits per heavy atom. The van der Waals surface area contributed by atoms with E-state index in [-0.39, 0.29) is 23.4 Å². The largest absolute Gasteiger partial charge is 0.490 e. The first kappa shape index (κ1) is 59.4. The first-order valence-corrected chi connectivity index (χ1v) is 29.0. The number of rotatable bonds is 13. The molecule has 3 aliphatic heterocycles. The highest BCUT2D eigenvalue weighted by Crippen LogP contribution is 2.45. The molecular formula is C61H76Cl2N6O3S2. The summed E-state index contributed by atoms with van der Waals surface area (Å²) >= 11 is 18.6. The molecule has 2 unspecified atom stereocenters. The summed E-state index contributed by atoms with van der Waals surface area (Å²) < 4.78 is 29.6. The smallest absolute Gasteiger partial charge is 0.228 e. The summed E-state index contributed by atoms with van der Waals surface area (Å²) in [5, 5.41) is 17.7. The number of allylic oxidation sites excluding steroid dienone is 4. The van der Waals surface area contributed by atoms with Gasteiger partial charge in [-0.1, -0.05) is 140 Å². The first-order valence-electron chi connectivity index (χ1n) is 25.6. The maximum Gasteiger partial charge on any atom is 0.228 e. The Kier molecular flexibility index (Phi) is 20.7. The van der Waals surface area contributed by atoms with Crippen LogP contribution >= 0.6 is 35.4 Å². The monoisotopic (exact) mass is 1070 g/mol. The summed E-state index contributed by atoms with van der Waals surface area (Å²) in [5.41, 5.74) is 13.3. The van der Waals surface area contributed by atoms with Crippen LogP contribution in [0.25, 0.3) is 5.70 Å². The quantitative estimate of drug-likeness (QED) is 0.0443. The Balaban J connectivity index is 0.00000501. The molecule has 1 aromatic heterocycles. The van der Waals surface area contributed by atoms with Gasteiger partial charge in [0, 0.05) is 28.7 Å². The third-order valence-electron chi connectivity index (χ3n) is 14.1. The van der Waals surface area contributed by atoms with Gasteiger partial charge in [0.2, 0.25) is 5.95 Å². The first-order chi connectivity index (χ1) is 35.0. The van der Waals surface area contributed by atoms with E-state index in [0.29, 0.717) is 75.6 Å². The van der Waals surface area contributed by atoms with Crippen LogP contribution < -0.4 is 15.4 Å². The highest BCUT2D eigenvalue weighted by atomic mass is 35.5. The Bertz CT molecular complexity index is 3030. The Morgan fingerprint density at radius 1 is 1.03 bits per heavy atom. The van der Waals surface area contributed by atoms with Crippen molar-refractivity contribution in [2.45, 2.75) is 132 Å². The van der Waals surface area contributed by atoms with Crippen molar-refractivity contribution in [3.63, 3.8) is 0 Å². The van der Waals surface area contributed by atoms with E-state index in [4.69, 9.17) is 54.9 Å². The summed E-state index contributed by atoms with van der Waals surface area (Å²) in [6.45, 7) is 32.2. The molecule has 0 amide bonds. The van der Waals surface area contributed by atoms with Crippen LogP contribution in [0.1, 0.15) is 144 Å². The van der Waals surface area contributed by atoms with E-state index in [1.54, 1.807) is 6.92 Å². The molecule has 4 aromatic rings. The van der Waals surface area contributed by atoms with Crippen molar-refractivity contribution in [1.82, 2.24) is 15.3 Å². The van der Waals surface area contributed by atoms with E-state index in [2.05, 4.69) is 130 Å². The number of aryl methyl sites for hydroxylation is 3. The lowest BCUT2D eigenvalue weighted by molar-refractivity contribution is 0.232. The van der Waals surface area contributed by atoms with Gasteiger partial charge in [-0.3, -0.25) is 0 Å². The molecule has 0 spiro atoms. The van der Waals surface area contributed by atoms with Crippen LogP contribution in [0.4, 0.5) is 5.95 Å². The molecule has 0 fully saturated rings. The van der Waals surface area contributed by atoms with Crippen LogP contribution in [-0.4, -0.2) is 56.2 Å². The Labute approximate surface area is 458 Å². The molecule has 2 atom stereocenters. The number of fused-ring (bicyclic) bond motifs is 2. The summed E-state index contributed by atoms with van der Waals surface area (Å²) in [6.07, 6.45) is 8.76. The van der Waals surface area contributed by atoms with Crippen molar-refractivity contribution in [2.24, 2.45) is 10.3 Å². The zero-order chi connectivity index (χ0) is 54.7. The maximum absolute atomic E-state index is 12.9. The number of anilines is 1. The molecule has 74 heavy (non-hydrogen) atoms. The number of amidine groups is 1. The molecule has 0 saturated heterocycles. The number of nitrogens with zero attached hydrogens (tertiary/aromatic N) is 4. The minimum Gasteiger partial charge on any atom is -0.490 e. The number of ether oxygens (including phenoxy) is 2. The molecule has 1 aliphatic carbocycles. The van der Waals surface area contributed by atoms with Crippen molar-refractivity contribution in [3.8, 4) is 11.8 Å². The molecule has 3 aromatic carbocycles. The molecule has 2 N–H and O–H groups in total. The fourth-order valence-electron chi connectivity index (χ4n) is 9.50. The molecule has 8 rings (SSSR count). The minimum absolute atomic E-state index is 0.00110. The molecule has 9 nitrogen and oxygen atoms in total. The van der Waals surface area contributed by atoms with Gasteiger partial charge in [-0.05, 0) is 152 Å². The highest BCUT2D eigenvalue weighted by molar-refractivity contribution is 7.98. The third kappa shape index (κ3) is 14.4. The molecule has 4 aliphatic rings. The molecule has 6 bridgehead atoms. The number of alkyl halides is 1. The summed E-state index contributed by atoms with van der Waals surface area (Å²) in [5.74, 6) is 6.18. The van der Waals surface area contributed by atoms with Crippen LogP contribution in [0, 0.1) is 24.2 Å². The van der Waals surface area contributed by atoms with Crippen LogP contribution in [0.5, 0.6) is 5.75 Å². The van der Waals surface area contributed by atoms with Crippen LogP contribution in [0.2, 0.25) is 0 Å². The van der Waals surface area contributed by atoms with Gasteiger partial charge in [0.15, 0.2) is 0 Å². The zero-order valence-electron chi connectivity index (χ0n) is 45.7. The van der Waals surface area contributed by atoms with Crippen LogP contribution in [-0.2, 0) is 51.0 Å². The van der Waals surface area contributed by atoms with E-state index < -0.39 is 9.71 Å². The van der Waals surface area contributed by atoms with Crippen LogP contribution in [0.15, 0.2) is 117 Å². The van der Waals surface area contributed by atoms with Crippen molar-refractivity contribution in [2.75, 3.05) is 30.7 Å². The molecule has 0 saturated carbocycles. The van der Waals surface area contributed by atoms with Gasteiger partial charge in [0.1, 0.15) is 30.6 Å². The molecule has 13 heteroatoms. The summed E-state index contributed by atoms with van der Waals surface area (Å²) in [7, 11) is -2.75. The number of nitriles is 1. The van der Waals surface area contributed by atoms with E-state index in [1.807, 2.05) is 45.9 Å². The second-order valence-electron chi connectivity index (χ2n) is 20.0. The average Bonchev–Trinajstić information content (AvgIpc) is 3.36. The molecule has 394 valence electrons. The van der Waals surface area contributed by atoms with Gasteiger partial charge in [0.05, 0.1) is 48.6 Å². The average molecular weight is 1080 g/mol. The maximum atomic E-state index is 12.9. The number of halogens is 2. The van der Waals surface area contributed by atoms with Gasteiger partial charge in [-0.15, -0.1) is 11.6 Å². The molecular weight excluding hydrogens is 1000 g/mol. The van der Waals surface area contributed by atoms with Gasteiger partial charge >= 0.3 is 0 Å². The van der Waals surface area contributed by atoms with Gasteiger partial charge in [-0.25, -0.2) is 14.2 Å². The molecule has 0 radical (unpaired) electrons. The molecule has 4 heterocycles. The topological polar surface area (TPSA) is 122 Å². The van der Waals surface area contributed by atoms with Crippen LogP contribution in [0.3, 0.4) is 0 Å². The zero-order valence-corrected chi connectivity index (χ0v) is 48.9. The lowest BCUT2D eigenvalue weighted by Crippen LogP contribution is -2.28. The number of hydrogen-bond acceptors (Lipinski definition) is 7. The van der Waals surface area contributed by atoms with Crippen molar-refractivity contribution >= 4 is 73.5 Å². The normalized spacial score (nSPS) is 17.4. The second-order valence-corrected chi connectivity index (χ2v) is 23.4. The van der Waals surface area contributed by atoms with Crippen molar-refractivity contribution in [1.29, 1.82) is 5.26 Å². The minimum atomic E-state index is -2.75. The standard InChI is InChI=1S/C59H70Cl2N6O3S2.C2H6/c1-14-43-31-47-32-44(34-62)49(43)17-15-16-18-53(71)65-57-64-52(28-21-42-19-22-45(23-20-42)58(47,8)9)40(6)55(66-57)54(63-41(7)67-72(12,13)68)37(3)36(2)35-70-48-26-24-46(25-27-48)59(10,11)50-33-51(61)56(69-30-29-60)39(5)38(50)4;1-2/h19-20,22-27,31-33,38H,2,5,12,14-18,21,28-30,35H2,1,3-4,6-11,13H3,(H,63,67,68)(H,64,65,66,71);1-2H3/b54-37-;. The van der Waals surface area contributed by atoms with Crippen molar-refractivity contribution in [3.05, 3.63) is 169 Å². The number of benzene rings is 3.